The molecule has 0 aliphatic heterocycles. The van der Waals surface area contributed by atoms with Crippen molar-refractivity contribution in [2.75, 3.05) is 0 Å². The lowest BCUT2D eigenvalue weighted by molar-refractivity contribution is -0.117. The number of aromatic hydroxyl groups is 2. The summed E-state index contributed by atoms with van der Waals surface area (Å²) in [5.41, 5.74) is 1.42. The SMILES string of the molecule is CC(=O)CCCC(C)c1cc(O)c(C)cc1O. The number of carbonyl (C=O) groups is 1. The lowest BCUT2D eigenvalue weighted by Crippen LogP contribution is -1.97. The van der Waals surface area contributed by atoms with Crippen molar-refractivity contribution in [2.45, 2.75) is 46.0 Å². The number of hydrogen-bond donors (Lipinski definition) is 2. The van der Waals surface area contributed by atoms with Crippen LogP contribution in [0.2, 0.25) is 0 Å². The maximum Gasteiger partial charge on any atom is 0.129 e. The largest absolute Gasteiger partial charge is 0.508 e. The second-order valence-electron chi connectivity index (χ2n) is 4.69. The molecular formula is C14H20O3. The molecule has 1 aromatic carbocycles. The molecular weight excluding hydrogens is 216 g/mol. The van der Waals surface area contributed by atoms with Gasteiger partial charge in [-0.1, -0.05) is 6.92 Å². The summed E-state index contributed by atoms with van der Waals surface area (Å²) in [7, 11) is 0. The van der Waals surface area contributed by atoms with E-state index in [2.05, 4.69) is 0 Å². The minimum Gasteiger partial charge on any atom is -0.508 e. The lowest BCUT2D eigenvalue weighted by Gasteiger charge is -2.14. The Morgan fingerprint density at radius 3 is 2.53 bits per heavy atom. The predicted octanol–water partition coefficient (Wildman–Crippen LogP) is 3.27. The van der Waals surface area contributed by atoms with Crippen LogP contribution in [0.1, 0.15) is 50.2 Å². The Balaban J connectivity index is 2.71. The molecule has 1 unspecified atom stereocenters. The summed E-state index contributed by atoms with van der Waals surface area (Å²) < 4.78 is 0. The smallest absolute Gasteiger partial charge is 0.129 e. The lowest BCUT2D eigenvalue weighted by atomic mass is 9.93. The minimum atomic E-state index is 0.140. The van der Waals surface area contributed by atoms with E-state index in [1.54, 1.807) is 26.0 Å². The Morgan fingerprint density at radius 1 is 1.29 bits per heavy atom. The zero-order chi connectivity index (χ0) is 13.0. The summed E-state index contributed by atoms with van der Waals surface area (Å²) >= 11 is 0. The van der Waals surface area contributed by atoms with Gasteiger partial charge in [0.1, 0.15) is 17.3 Å². The molecule has 0 saturated carbocycles. The number of benzene rings is 1. The van der Waals surface area contributed by atoms with E-state index in [0.717, 1.165) is 18.4 Å². The van der Waals surface area contributed by atoms with Crippen molar-refractivity contribution in [3.63, 3.8) is 0 Å². The highest BCUT2D eigenvalue weighted by Gasteiger charge is 2.13. The van der Waals surface area contributed by atoms with Crippen molar-refractivity contribution in [3.05, 3.63) is 23.3 Å². The van der Waals surface area contributed by atoms with Crippen LogP contribution in [0.15, 0.2) is 12.1 Å². The predicted molar refractivity (Wildman–Crippen MR) is 67.5 cm³/mol. The number of phenolic OH excluding ortho intramolecular Hbond substituents is 2. The van der Waals surface area contributed by atoms with Gasteiger partial charge in [-0.2, -0.15) is 0 Å². The topological polar surface area (TPSA) is 57.5 Å². The number of phenols is 2. The highest BCUT2D eigenvalue weighted by atomic mass is 16.3. The van der Waals surface area contributed by atoms with Gasteiger partial charge in [-0.3, -0.25) is 0 Å². The van der Waals surface area contributed by atoms with Gasteiger partial charge in [0, 0.05) is 12.0 Å². The van der Waals surface area contributed by atoms with Crippen LogP contribution in [0.3, 0.4) is 0 Å². The van der Waals surface area contributed by atoms with E-state index >= 15 is 0 Å². The van der Waals surface area contributed by atoms with Crippen molar-refractivity contribution < 1.29 is 15.0 Å². The van der Waals surface area contributed by atoms with E-state index in [4.69, 9.17) is 0 Å². The molecule has 1 aromatic rings. The second kappa shape index (κ2) is 5.71. The summed E-state index contributed by atoms with van der Waals surface area (Å²) in [5, 5.41) is 19.4. The molecule has 0 aliphatic rings. The summed E-state index contributed by atoms with van der Waals surface area (Å²) in [6.07, 6.45) is 2.21. The zero-order valence-corrected chi connectivity index (χ0v) is 10.7. The molecule has 0 radical (unpaired) electrons. The summed E-state index contributed by atoms with van der Waals surface area (Å²) in [5.74, 6) is 0.751. The Kier molecular flexibility index (Phi) is 4.55. The Hall–Kier alpha value is -1.51. The van der Waals surface area contributed by atoms with Gasteiger partial charge in [-0.25, -0.2) is 0 Å². The molecule has 94 valence electrons. The van der Waals surface area contributed by atoms with Gasteiger partial charge >= 0.3 is 0 Å². The summed E-state index contributed by atoms with van der Waals surface area (Å²) in [6, 6.07) is 3.19. The average molecular weight is 236 g/mol. The van der Waals surface area contributed by atoms with Crippen LogP contribution >= 0.6 is 0 Å². The first-order chi connectivity index (χ1) is 7.91. The van der Waals surface area contributed by atoms with Gasteiger partial charge in [-0.15, -0.1) is 0 Å². The summed E-state index contributed by atoms with van der Waals surface area (Å²) in [4.78, 5) is 10.8. The molecule has 0 aromatic heterocycles. The van der Waals surface area contributed by atoms with Crippen molar-refractivity contribution >= 4 is 5.78 Å². The van der Waals surface area contributed by atoms with Crippen LogP contribution in [-0.4, -0.2) is 16.0 Å². The molecule has 1 atom stereocenters. The molecule has 17 heavy (non-hydrogen) atoms. The van der Waals surface area contributed by atoms with Crippen molar-refractivity contribution in [1.82, 2.24) is 0 Å². The van der Waals surface area contributed by atoms with Crippen LogP contribution in [0, 0.1) is 6.92 Å². The first-order valence-corrected chi connectivity index (χ1v) is 5.93. The standard InChI is InChI=1S/C14H20O3/c1-9(5-4-6-11(3)15)12-8-13(16)10(2)7-14(12)17/h7-9,16-17H,4-6H2,1-3H3. The van der Waals surface area contributed by atoms with E-state index in [9.17, 15) is 15.0 Å². The third-order valence-corrected chi connectivity index (χ3v) is 3.04. The molecule has 0 amide bonds. The van der Waals surface area contributed by atoms with Crippen LogP contribution in [-0.2, 0) is 4.79 Å². The van der Waals surface area contributed by atoms with Gasteiger partial charge < -0.3 is 15.0 Å². The normalized spacial score (nSPS) is 12.4. The number of ketones is 1. The average Bonchev–Trinajstić information content (AvgIpc) is 2.22. The molecule has 0 bridgehead atoms. The van der Waals surface area contributed by atoms with Gasteiger partial charge in [0.05, 0.1) is 0 Å². The molecule has 0 heterocycles. The highest BCUT2D eigenvalue weighted by Crippen LogP contribution is 2.34. The Bertz CT molecular complexity index is 410. The van der Waals surface area contributed by atoms with Crippen LogP contribution < -0.4 is 0 Å². The molecule has 0 spiro atoms. The first-order valence-electron chi connectivity index (χ1n) is 5.93. The number of Topliss-reactive ketones (excluding diaryl/α,β-unsaturated/α-hetero) is 1. The van der Waals surface area contributed by atoms with Crippen LogP contribution in [0.5, 0.6) is 11.5 Å². The van der Waals surface area contributed by atoms with Crippen LogP contribution in [0.25, 0.3) is 0 Å². The Morgan fingerprint density at radius 2 is 1.94 bits per heavy atom. The summed E-state index contributed by atoms with van der Waals surface area (Å²) in [6.45, 7) is 5.32. The number of rotatable bonds is 5. The van der Waals surface area contributed by atoms with E-state index in [0.29, 0.717) is 12.0 Å². The van der Waals surface area contributed by atoms with E-state index in [1.165, 1.54) is 0 Å². The van der Waals surface area contributed by atoms with Crippen molar-refractivity contribution in [2.24, 2.45) is 0 Å². The Labute approximate surface area is 102 Å². The second-order valence-corrected chi connectivity index (χ2v) is 4.69. The molecule has 1 rings (SSSR count). The van der Waals surface area contributed by atoms with E-state index in [-0.39, 0.29) is 23.2 Å². The molecule has 0 fully saturated rings. The fraction of sp³-hybridized carbons (Fsp3) is 0.500. The zero-order valence-electron chi connectivity index (χ0n) is 10.7. The molecule has 3 nitrogen and oxygen atoms in total. The maximum absolute atomic E-state index is 10.8. The van der Waals surface area contributed by atoms with Crippen LogP contribution in [0.4, 0.5) is 0 Å². The number of hydrogen-bond acceptors (Lipinski definition) is 3. The highest BCUT2D eigenvalue weighted by molar-refractivity contribution is 5.75. The van der Waals surface area contributed by atoms with Crippen molar-refractivity contribution in [1.29, 1.82) is 0 Å². The fourth-order valence-corrected chi connectivity index (χ4v) is 1.90. The number of aryl methyl sites for hydroxylation is 1. The third kappa shape index (κ3) is 3.77. The fourth-order valence-electron chi connectivity index (χ4n) is 1.90. The van der Waals surface area contributed by atoms with Gasteiger partial charge in [0.25, 0.3) is 0 Å². The number of carbonyl (C=O) groups excluding carboxylic acids is 1. The monoisotopic (exact) mass is 236 g/mol. The quantitative estimate of drug-likeness (QED) is 0.771. The van der Waals surface area contributed by atoms with Crippen molar-refractivity contribution in [3.8, 4) is 11.5 Å². The molecule has 2 N–H and O–H groups in total. The first kappa shape index (κ1) is 13.6. The van der Waals surface area contributed by atoms with Gasteiger partial charge in [0.15, 0.2) is 0 Å². The molecule has 0 saturated heterocycles. The van der Waals surface area contributed by atoms with E-state index in [1.807, 2.05) is 6.92 Å². The molecule has 0 aliphatic carbocycles. The third-order valence-electron chi connectivity index (χ3n) is 3.04. The van der Waals surface area contributed by atoms with Gasteiger partial charge in [-0.05, 0) is 50.3 Å². The van der Waals surface area contributed by atoms with Gasteiger partial charge in [0.2, 0.25) is 0 Å². The maximum atomic E-state index is 10.8. The van der Waals surface area contributed by atoms with E-state index < -0.39 is 0 Å². The molecule has 3 heteroatoms. The minimum absolute atomic E-state index is 0.140.